The van der Waals surface area contributed by atoms with E-state index in [1.807, 2.05) is 53.4 Å². The van der Waals surface area contributed by atoms with Gasteiger partial charge in [-0.2, -0.15) is 0 Å². The van der Waals surface area contributed by atoms with Gasteiger partial charge in [0.2, 0.25) is 0 Å². The lowest BCUT2D eigenvalue weighted by Crippen LogP contribution is -2.32. The molecule has 4 aromatic rings. The van der Waals surface area contributed by atoms with Gasteiger partial charge in [0.15, 0.2) is 6.61 Å². The number of likely N-dealkylation sites (tertiary alicyclic amines) is 1. The van der Waals surface area contributed by atoms with Gasteiger partial charge in [0.05, 0.1) is 11.0 Å². The maximum absolute atomic E-state index is 12.6. The molecule has 0 spiro atoms. The van der Waals surface area contributed by atoms with Crippen LogP contribution >= 0.6 is 0 Å². The number of nitrogens with one attached hydrogen (secondary N) is 1. The van der Waals surface area contributed by atoms with Crippen LogP contribution in [0.5, 0.6) is 5.75 Å². The van der Waals surface area contributed by atoms with Crippen LogP contribution < -0.4 is 10.1 Å². The second-order valence-corrected chi connectivity index (χ2v) is 8.30. The summed E-state index contributed by atoms with van der Waals surface area (Å²) in [5, 5.41) is 3.68. The molecular weight excluding hydrogens is 400 g/mol. The molecule has 2 aliphatic rings. The number of rotatable bonds is 4. The van der Waals surface area contributed by atoms with Crippen LogP contribution in [0, 0.1) is 0 Å². The SMILES string of the molecule is O=C(COc1ccccc1[C@H]1Nc2ccccc2-c2nc3ccccc3n21)N1CCCC1. The molecule has 0 saturated carbocycles. The van der Waals surface area contributed by atoms with Crippen LogP contribution in [-0.2, 0) is 4.79 Å². The number of anilines is 1. The second-order valence-electron chi connectivity index (χ2n) is 8.30. The van der Waals surface area contributed by atoms with Gasteiger partial charge in [0.1, 0.15) is 17.7 Å². The van der Waals surface area contributed by atoms with E-state index in [0.29, 0.717) is 5.75 Å². The van der Waals surface area contributed by atoms with Gasteiger partial charge < -0.3 is 15.0 Å². The van der Waals surface area contributed by atoms with Crippen LogP contribution in [0.2, 0.25) is 0 Å². The molecule has 0 unspecified atom stereocenters. The molecular formula is C26H24N4O2. The van der Waals surface area contributed by atoms with Crippen molar-refractivity contribution in [3.8, 4) is 17.1 Å². The van der Waals surface area contributed by atoms with Crippen molar-refractivity contribution in [2.45, 2.75) is 19.0 Å². The molecule has 6 nitrogen and oxygen atoms in total. The Labute approximate surface area is 186 Å². The highest BCUT2D eigenvalue weighted by molar-refractivity contribution is 5.87. The molecule has 160 valence electrons. The maximum atomic E-state index is 12.6. The van der Waals surface area contributed by atoms with Gasteiger partial charge in [-0.15, -0.1) is 0 Å². The minimum Gasteiger partial charge on any atom is -0.483 e. The number of hydrogen-bond acceptors (Lipinski definition) is 4. The first-order valence-electron chi connectivity index (χ1n) is 11.1. The number of fused-ring (bicyclic) bond motifs is 5. The zero-order valence-corrected chi connectivity index (χ0v) is 17.7. The average molecular weight is 425 g/mol. The third kappa shape index (κ3) is 3.11. The number of imidazole rings is 1. The molecule has 0 radical (unpaired) electrons. The molecule has 3 aromatic carbocycles. The van der Waals surface area contributed by atoms with Gasteiger partial charge >= 0.3 is 0 Å². The first-order valence-corrected chi connectivity index (χ1v) is 11.1. The summed E-state index contributed by atoms with van der Waals surface area (Å²) < 4.78 is 8.32. The van der Waals surface area contributed by atoms with Crippen LogP contribution in [0.25, 0.3) is 22.4 Å². The van der Waals surface area contributed by atoms with Gasteiger partial charge in [-0.3, -0.25) is 9.36 Å². The largest absolute Gasteiger partial charge is 0.483 e. The molecule has 6 heteroatoms. The summed E-state index contributed by atoms with van der Waals surface area (Å²) in [6, 6.07) is 24.3. The lowest BCUT2D eigenvalue weighted by Gasteiger charge is -2.31. The molecule has 3 heterocycles. The van der Waals surface area contributed by atoms with E-state index in [1.54, 1.807) is 0 Å². The molecule has 1 atom stereocenters. The van der Waals surface area contributed by atoms with Crippen LogP contribution in [0.4, 0.5) is 5.69 Å². The van der Waals surface area contributed by atoms with Crippen LogP contribution in [0.3, 0.4) is 0 Å². The lowest BCUT2D eigenvalue weighted by molar-refractivity contribution is -0.132. The number of hydrogen-bond donors (Lipinski definition) is 1. The van der Waals surface area contributed by atoms with Gasteiger partial charge in [0, 0.05) is 29.9 Å². The fourth-order valence-corrected chi connectivity index (χ4v) is 4.76. The smallest absolute Gasteiger partial charge is 0.260 e. The van der Waals surface area contributed by atoms with Crippen LogP contribution in [0.15, 0.2) is 72.8 Å². The lowest BCUT2D eigenvalue weighted by atomic mass is 10.0. The number of benzene rings is 3. The summed E-state index contributed by atoms with van der Waals surface area (Å²) >= 11 is 0. The fraction of sp³-hybridized carbons (Fsp3) is 0.231. The summed E-state index contributed by atoms with van der Waals surface area (Å²) in [6.07, 6.45) is 1.94. The Morgan fingerprint density at radius 3 is 2.62 bits per heavy atom. The van der Waals surface area contributed by atoms with E-state index >= 15 is 0 Å². The Bertz CT molecular complexity index is 1310. The zero-order chi connectivity index (χ0) is 21.5. The molecule has 0 aliphatic carbocycles. The normalized spacial score (nSPS) is 17.0. The van der Waals surface area contributed by atoms with Gasteiger partial charge in [0.25, 0.3) is 5.91 Å². The third-order valence-corrected chi connectivity index (χ3v) is 6.34. The maximum Gasteiger partial charge on any atom is 0.260 e. The first kappa shape index (κ1) is 18.9. The number of para-hydroxylation sites is 4. The van der Waals surface area contributed by atoms with Crippen LogP contribution in [0.1, 0.15) is 24.6 Å². The molecule has 1 fully saturated rings. The molecule has 1 saturated heterocycles. The van der Waals surface area contributed by atoms with Crippen molar-refractivity contribution < 1.29 is 9.53 Å². The van der Waals surface area contributed by atoms with Crippen molar-refractivity contribution in [2.24, 2.45) is 0 Å². The number of ether oxygens (including phenoxy) is 1. The monoisotopic (exact) mass is 424 g/mol. The van der Waals surface area contributed by atoms with E-state index in [-0.39, 0.29) is 18.7 Å². The Hall–Kier alpha value is -3.80. The second kappa shape index (κ2) is 7.71. The summed E-state index contributed by atoms with van der Waals surface area (Å²) in [5.74, 6) is 1.68. The number of aromatic nitrogens is 2. The third-order valence-electron chi connectivity index (χ3n) is 6.34. The predicted octanol–water partition coefficient (Wildman–Crippen LogP) is 4.68. The Kier molecular flexibility index (Phi) is 4.56. The average Bonchev–Trinajstić information content (AvgIpc) is 3.51. The molecule has 1 amide bonds. The van der Waals surface area contributed by atoms with Gasteiger partial charge in [-0.1, -0.05) is 42.5 Å². The van der Waals surface area contributed by atoms with E-state index in [9.17, 15) is 4.79 Å². The van der Waals surface area contributed by atoms with Gasteiger partial charge in [-0.25, -0.2) is 4.98 Å². The van der Waals surface area contributed by atoms with E-state index in [1.165, 1.54) is 0 Å². The molecule has 0 bridgehead atoms. The predicted molar refractivity (Wildman–Crippen MR) is 125 cm³/mol. The number of amides is 1. The number of nitrogens with zero attached hydrogens (tertiary/aromatic N) is 3. The molecule has 6 rings (SSSR count). The molecule has 1 N–H and O–H groups in total. The van der Waals surface area contributed by atoms with Crippen molar-refractivity contribution in [3.05, 3.63) is 78.4 Å². The van der Waals surface area contributed by atoms with E-state index in [2.05, 4.69) is 34.1 Å². The van der Waals surface area contributed by atoms with Crippen molar-refractivity contribution in [1.29, 1.82) is 0 Å². The number of carbonyl (C=O) groups is 1. The Balaban J connectivity index is 1.41. The highest BCUT2D eigenvalue weighted by Crippen LogP contribution is 2.42. The molecule has 2 aliphatic heterocycles. The zero-order valence-electron chi connectivity index (χ0n) is 17.7. The minimum absolute atomic E-state index is 0.0491. The summed E-state index contributed by atoms with van der Waals surface area (Å²) in [4.78, 5) is 19.4. The van der Waals surface area contributed by atoms with E-state index in [0.717, 1.165) is 59.6 Å². The highest BCUT2D eigenvalue weighted by atomic mass is 16.5. The molecule has 1 aromatic heterocycles. The molecule has 32 heavy (non-hydrogen) atoms. The first-order chi connectivity index (χ1) is 15.8. The van der Waals surface area contributed by atoms with Crippen molar-refractivity contribution >= 4 is 22.6 Å². The summed E-state index contributed by atoms with van der Waals surface area (Å²) in [6.45, 7) is 1.71. The van der Waals surface area contributed by atoms with Gasteiger partial charge in [-0.05, 0) is 43.2 Å². The number of carbonyl (C=O) groups excluding carboxylic acids is 1. The van der Waals surface area contributed by atoms with Crippen molar-refractivity contribution in [1.82, 2.24) is 14.5 Å². The topological polar surface area (TPSA) is 59.4 Å². The van der Waals surface area contributed by atoms with E-state index < -0.39 is 0 Å². The minimum atomic E-state index is -0.203. The van der Waals surface area contributed by atoms with E-state index in [4.69, 9.17) is 9.72 Å². The summed E-state index contributed by atoms with van der Waals surface area (Å²) in [7, 11) is 0. The standard InChI is InChI=1S/C26H24N4O2/c31-24(29-15-7-8-16-29)17-32-23-14-6-2-10-19(23)26-27-20-11-3-1-9-18(20)25-28-21-12-4-5-13-22(21)30(25)26/h1-6,9-14,26-27H,7-8,15-17H2/t26-/m0/s1. The van der Waals surface area contributed by atoms with Crippen molar-refractivity contribution in [2.75, 3.05) is 25.0 Å². The quantitative estimate of drug-likeness (QED) is 0.517. The van der Waals surface area contributed by atoms with Crippen molar-refractivity contribution in [3.63, 3.8) is 0 Å². The summed E-state index contributed by atoms with van der Waals surface area (Å²) in [5.41, 5.74) is 5.08. The Morgan fingerprint density at radius 1 is 0.969 bits per heavy atom. The highest BCUT2D eigenvalue weighted by Gasteiger charge is 2.30. The Morgan fingerprint density at radius 2 is 1.72 bits per heavy atom. The fourth-order valence-electron chi connectivity index (χ4n) is 4.76. The van der Waals surface area contributed by atoms with Crippen LogP contribution in [-0.4, -0.2) is 40.1 Å².